The molecule has 0 unspecified atom stereocenters. The van der Waals surface area contributed by atoms with Gasteiger partial charge >= 0.3 is 0 Å². The van der Waals surface area contributed by atoms with Crippen LogP contribution in [0.25, 0.3) is 11.5 Å². The van der Waals surface area contributed by atoms with Crippen molar-refractivity contribution in [1.29, 1.82) is 0 Å². The lowest BCUT2D eigenvalue weighted by atomic mass is 10.1. The number of nitrogens with zero attached hydrogens (tertiary/aromatic N) is 4. The molecule has 19 heavy (non-hydrogen) atoms. The van der Waals surface area contributed by atoms with Gasteiger partial charge in [-0.1, -0.05) is 0 Å². The van der Waals surface area contributed by atoms with Gasteiger partial charge in [-0.25, -0.2) is 9.97 Å². The van der Waals surface area contributed by atoms with Gasteiger partial charge in [0.25, 0.3) is 0 Å². The third kappa shape index (κ3) is 2.19. The van der Waals surface area contributed by atoms with Crippen LogP contribution in [0, 0.1) is 0 Å². The van der Waals surface area contributed by atoms with Gasteiger partial charge in [0.2, 0.25) is 5.88 Å². The van der Waals surface area contributed by atoms with Gasteiger partial charge in [0.1, 0.15) is 11.5 Å². The molecule has 0 aliphatic carbocycles. The summed E-state index contributed by atoms with van der Waals surface area (Å²) >= 11 is 0. The molecule has 2 aromatic heterocycles. The maximum Gasteiger partial charge on any atom is 0.233 e. The monoisotopic (exact) mass is 259 g/mol. The number of methoxy groups -OCH3 is 1. The average Bonchev–Trinajstić information content (AvgIpc) is 2.47. The Morgan fingerprint density at radius 1 is 1.26 bits per heavy atom. The quantitative estimate of drug-likeness (QED) is 0.843. The molecule has 2 N–H and O–H groups in total. The molecular formula is C12H13N5O2. The highest BCUT2D eigenvalue weighted by atomic mass is 16.5. The molecule has 7 nitrogen and oxygen atoms in total. The van der Waals surface area contributed by atoms with Crippen molar-refractivity contribution in [3.05, 3.63) is 23.4 Å². The predicted molar refractivity (Wildman–Crippen MR) is 67.4 cm³/mol. The number of nitrogens with two attached hydrogens (primary N) is 1. The van der Waals surface area contributed by atoms with Crippen molar-refractivity contribution >= 4 is 5.82 Å². The average molecular weight is 259 g/mol. The van der Waals surface area contributed by atoms with Crippen molar-refractivity contribution in [2.45, 2.75) is 13.0 Å². The van der Waals surface area contributed by atoms with E-state index in [1.807, 2.05) is 0 Å². The molecule has 1 aliphatic heterocycles. The van der Waals surface area contributed by atoms with Gasteiger partial charge in [0, 0.05) is 18.1 Å². The third-order valence-electron chi connectivity index (χ3n) is 2.93. The number of hydrogen-bond donors (Lipinski definition) is 1. The van der Waals surface area contributed by atoms with Crippen LogP contribution >= 0.6 is 0 Å². The minimum atomic E-state index is 0.442. The first kappa shape index (κ1) is 11.8. The predicted octanol–water partition coefficient (Wildman–Crippen LogP) is 0.597. The highest BCUT2D eigenvalue weighted by Crippen LogP contribution is 2.23. The fraction of sp³-hybridized carbons (Fsp3) is 0.333. The Balaban J connectivity index is 2.02. The van der Waals surface area contributed by atoms with E-state index in [0.717, 1.165) is 17.7 Å². The molecule has 2 aromatic rings. The number of anilines is 1. The first-order chi connectivity index (χ1) is 9.28. The van der Waals surface area contributed by atoms with Gasteiger partial charge in [0.05, 0.1) is 26.0 Å². The largest absolute Gasteiger partial charge is 0.480 e. The molecule has 98 valence electrons. The Bertz CT molecular complexity index is 600. The van der Waals surface area contributed by atoms with Crippen molar-refractivity contribution in [3.8, 4) is 17.4 Å². The lowest BCUT2D eigenvalue weighted by Gasteiger charge is -2.17. The molecule has 0 bridgehead atoms. The van der Waals surface area contributed by atoms with Gasteiger partial charge in [0.15, 0.2) is 5.82 Å². The topological polar surface area (TPSA) is 96.0 Å². The van der Waals surface area contributed by atoms with Crippen molar-refractivity contribution in [2.75, 3.05) is 19.5 Å². The number of hydrogen-bond acceptors (Lipinski definition) is 7. The molecule has 0 saturated heterocycles. The van der Waals surface area contributed by atoms with E-state index in [-0.39, 0.29) is 0 Å². The van der Waals surface area contributed by atoms with Crippen molar-refractivity contribution < 1.29 is 9.47 Å². The molecule has 3 heterocycles. The van der Waals surface area contributed by atoms with Gasteiger partial charge in [-0.15, -0.1) is 10.2 Å². The van der Waals surface area contributed by atoms with Gasteiger partial charge in [-0.05, 0) is 6.07 Å². The zero-order valence-electron chi connectivity index (χ0n) is 10.5. The lowest BCUT2D eigenvalue weighted by Crippen LogP contribution is -2.16. The number of nitrogen functional groups attached to an aromatic ring is 1. The van der Waals surface area contributed by atoms with Gasteiger partial charge in [-0.2, -0.15) is 0 Å². The lowest BCUT2D eigenvalue weighted by molar-refractivity contribution is 0.109. The molecular weight excluding hydrogens is 246 g/mol. The van der Waals surface area contributed by atoms with Crippen molar-refractivity contribution in [1.82, 2.24) is 20.2 Å². The van der Waals surface area contributed by atoms with Crippen molar-refractivity contribution in [3.63, 3.8) is 0 Å². The van der Waals surface area contributed by atoms with Crippen LogP contribution in [0.1, 0.15) is 11.3 Å². The number of aromatic nitrogens is 4. The van der Waals surface area contributed by atoms with E-state index in [2.05, 4.69) is 20.2 Å². The Labute approximate surface area is 109 Å². The molecule has 0 spiro atoms. The van der Waals surface area contributed by atoms with E-state index in [0.29, 0.717) is 36.4 Å². The van der Waals surface area contributed by atoms with Gasteiger partial charge in [-0.3, -0.25) is 0 Å². The molecule has 1 aliphatic rings. The summed E-state index contributed by atoms with van der Waals surface area (Å²) in [5.74, 6) is 1.37. The van der Waals surface area contributed by atoms with Crippen LogP contribution in [0.5, 0.6) is 5.88 Å². The zero-order chi connectivity index (χ0) is 13.2. The summed E-state index contributed by atoms with van der Waals surface area (Å²) in [6, 6.07) is 3.47. The second kappa shape index (κ2) is 4.77. The van der Waals surface area contributed by atoms with Crippen LogP contribution in [0.4, 0.5) is 5.82 Å². The molecule has 0 atom stereocenters. The van der Waals surface area contributed by atoms with E-state index >= 15 is 0 Å². The Morgan fingerprint density at radius 3 is 2.89 bits per heavy atom. The summed E-state index contributed by atoms with van der Waals surface area (Å²) in [5.41, 5.74) is 8.30. The SMILES string of the molecule is COc1ccc(-c2nc(N)c3c(n2)CCOC3)nn1. The number of rotatable bonds is 2. The molecule has 0 radical (unpaired) electrons. The highest BCUT2D eigenvalue weighted by molar-refractivity contribution is 5.55. The Kier molecular flexibility index (Phi) is 2.96. The standard InChI is InChI=1S/C12H13N5O2/c1-18-10-3-2-9(16-17-10)12-14-8-4-5-19-6-7(8)11(13)15-12/h2-3H,4-6H2,1H3,(H2,13,14,15). The zero-order valence-corrected chi connectivity index (χ0v) is 10.5. The molecule has 7 heteroatoms. The maximum atomic E-state index is 5.93. The second-order valence-electron chi connectivity index (χ2n) is 4.12. The fourth-order valence-corrected chi connectivity index (χ4v) is 1.92. The number of ether oxygens (including phenoxy) is 2. The van der Waals surface area contributed by atoms with E-state index < -0.39 is 0 Å². The summed E-state index contributed by atoms with van der Waals surface area (Å²) in [6.07, 6.45) is 0.735. The minimum absolute atomic E-state index is 0.442. The summed E-state index contributed by atoms with van der Waals surface area (Å²) < 4.78 is 10.3. The third-order valence-corrected chi connectivity index (χ3v) is 2.93. The van der Waals surface area contributed by atoms with Crippen LogP contribution < -0.4 is 10.5 Å². The van der Waals surface area contributed by atoms with Crippen molar-refractivity contribution in [2.24, 2.45) is 0 Å². The van der Waals surface area contributed by atoms with E-state index in [4.69, 9.17) is 15.2 Å². The first-order valence-electron chi connectivity index (χ1n) is 5.89. The van der Waals surface area contributed by atoms with E-state index in [1.165, 1.54) is 7.11 Å². The fourth-order valence-electron chi connectivity index (χ4n) is 1.92. The van der Waals surface area contributed by atoms with E-state index in [1.54, 1.807) is 12.1 Å². The van der Waals surface area contributed by atoms with Crippen LogP contribution in [0.3, 0.4) is 0 Å². The maximum absolute atomic E-state index is 5.93. The normalized spacial score (nSPS) is 13.9. The molecule has 0 amide bonds. The molecule has 0 saturated carbocycles. The summed E-state index contributed by atoms with van der Waals surface area (Å²) in [7, 11) is 1.54. The summed E-state index contributed by atoms with van der Waals surface area (Å²) in [6.45, 7) is 1.12. The summed E-state index contributed by atoms with van der Waals surface area (Å²) in [4.78, 5) is 8.74. The van der Waals surface area contributed by atoms with Crippen LogP contribution in [0.2, 0.25) is 0 Å². The van der Waals surface area contributed by atoms with Gasteiger partial charge < -0.3 is 15.2 Å². The number of fused-ring (bicyclic) bond motifs is 1. The van der Waals surface area contributed by atoms with Crippen LogP contribution in [-0.2, 0) is 17.8 Å². The molecule has 3 rings (SSSR count). The first-order valence-corrected chi connectivity index (χ1v) is 5.89. The smallest absolute Gasteiger partial charge is 0.233 e. The van der Waals surface area contributed by atoms with Crippen LogP contribution in [-0.4, -0.2) is 33.9 Å². The van der Waals surface area contributed by atoms with E-state index in [9.17, 15) is 0 Å². The van der Waals surface area contributed by atoms with Crippen LogP contribution in [0.15, 0.2) is 12.1 Å². The molecule has 0 fully saturated rings. The Morgan fingerprint density at radius 2 is 2.16 bits per heavy atom. The Hall–Kier alpha value is -2.28. The summed E-state index contributed by atoms with van der Waals surface area (Å²) in [5, 5.41) is 7.92. The molecule has 0 aromatic carbocycles. The minimum Gasteiger partial charge on any atom is -0.480 e. The second-order valence-corrected chi connectivity index (χ2v) is 4.12. The highest BCUT2D eigenvalue weighted by Gasteiger charge is 2.17.